The van der Waals surface area contributed by atoms with Crippen LogP contribution in [0.1, 0.15) is 37.0 Å². The maximum Gasteiger partial charge on any atom is 0.253 e. The number of carbonyl (C=O) groups excluding carboxylic acids is 1. The zero-order chi connectivity index (χ0) is 13.0. The minimum atomic E-state index is -1.08. The van der Waals surface area contributed by atoms with E-state index in [1.165, 1.54) is 0 Å². The van der Waals surface area contributed by atoms with E-state index in [-0.39, 0.29) is 17.3 Å². The van der Waals surface area contributed by atoms with E-state index < -0.39 is 17.5 Å². The second-order valence-electron chi connectivity index (χ2n) is 4.02. The first-order valence-corrected chi connectivity index (χ1v) is 5.51. The Bertz CT molecular complexity index is 421. The van der Waals surface area contributed by atoms with E-state index in [4.69, 9.17) is 5.73 Å². The van der Waals surface area contributed by atoms with E-state index in [1.807, 2.05) is 13.8 Å². The van der Waals surface area contributed by atoms with Crippen molar-refractivity contribution >= 4 is 11.6 Å². The minimum absolute atomic E-state index is 0.0278. The molecule has 3 N–H and O–H groups in total. The number of hydrogen-bond donors (Lipinski definition) is 2. The standard InChI is InChI=1S/C12H16F2N2O/c1-3-4-7(2)16-12(17)8-5-9(13)10(14)6-11(8)15/h5-7H,3-4,15H2,1-2H3,(H,16,17). The molecule has 0 aliphatic carbocycles. The molecule has 0 saturated carbocycles. The van der Waals surface area contributed by atoms with Crippen molar-refractivity contribution < 1.29 is 13.6 Å². The summed E-state index contributed by atoms with van der Waals surface area (Å²) in [5.41, 5.74) is 5.37. The zero-order valence-corrected chi connectivity index (χ0v) is 9.89. The second kappa shape index (κ2) is 5.61. The van der Waals surface area contributed by atoms with Gasteiger partial charge in [-0.15, -0.1) is 0 Å². The summed E-state index contributed by atoms with van der Waals surface area (Å²) in [6.07, 6.45) is 1.74. The average Bonchev–Trinajstić information content (AvgIpc) is 2.23. The molecular formula is C12H16F2N2O. The number of nitrogens with two attached hydrogens (primary N) is 1. The number of amides is 1. The van der Waals surface area contributed by atoms with Gasteiger partial charge in [-0.05, 0) is 19.4 Å². The van der Waals surface area contributed by atoms with Crippen molar-refractivity contribution in [2.24, 2.45) is 0 Å². The number of carbonyl (C=O) groups is 1. The zero-order valence-electron chi connectivity index (χ0n) is 9.89. The van der Waals surface area contributed by atoms with Crippen LogP contribution in [-0.2, 0) is 0 Å². The fourth-order valence-corrected chi connectivity index (χ4v) is 1.57. The molecule has 1 rings (SSSR count). The van der Waals surface area contributed by atoms with Crippen LogP contribution in [0.5, 0.6) is 0 Å². The highest BCUT2D eigenvalue weighted by atomic mass is 19.2. The van der Waals surface area contributed by atoms with E-state index in [9.17, 15) is 13.6 Å². The van der Waals surface area contributed by atoms with E-state index in [0.717, 1.165) is 25.0 Å². The van der Waals surface area contributed by atoms with E-state index in [1.54, 1.807) is 0 Å². The molecule has 0 aromatic heterocycles. The van der Waals surface area contributed by atoms with Gasteiger partial charge in [-0.2, -0.15) is 0 Å². The van der Waals surface area contributed by atoms with Crippen molar-refractivity contribution in [2.45, 2.75) is 32.7 Å². The summed E-state index contributed by atoms with van der Waals surface area (Å²) in [7, 11) is 0. The van der Waals surface area contributed by atoms with Gasteiger partial charge in [0, 0.05) is 17.8 Å². The fourth-order valence-electron chi connectivity index (χ4n) is 1.57. The molecule has 17 heavy (non-hydrogen) atoms. The monoisotopic (exact) mass is 242 g/mol. The van der Waals surface area contributed by atoms with Crippen LogP contribution < -0.4 is 11.1 Å². The third kappa shape index (κ3) is 3.41. The summed E-state index contributed by atoms with van der Waals surface area (Å²) in [5.74, 6) is -2.62. The smallest absolute Gasteiger partial charge is 0.253 e. The van der Waals surface area contributed by atoms with Crippen LogP contribution in [0.3, 0.4) is 0 Å². The second-order valence-corrected chi connectivity index (χ2v) is 4.02. The molecular weight excluding hydrogens is 226 g/mol. The molecule has 94 valence electrons. The van der Waals surface area contributed by atoms with Crippen molar-refractivity contribution in [3.05, 3.63) is 29.3 Å². The predicted octanol–water partition coefficient (Wildman–Crippen LogP) is 2.47. The van der Waals surface area contributed by atoms with Crippen LogP contribution in [0, 0.1) is 11.6 Å². The van der Waals surface area contributed by atoms with E-state index in [0.29, 0.717) is 0 Å². The molecule has 3 nitrogen and oxygen atoms in total. The molecule has 1 aromatic rings. The Morgan fingerprint density at radius 1 is 1.41 bits per heavy atom. The van der Waals surface area contributed by atoms with Crippen LogP contribution in [0.15, 0.2) is 12.1 Å². The predicted molar refractivity (Wildman–Crippen MR) is 62.6 cm³/mol. The van der Waals surface area contributed by atoms with Gasteiger partial charge in [-0.25, -0.2) is 8.78 Å². The summed E-state index contributed by atoms with van der Waals surface area (Å²) in [6, 6.07) is 1.60. The summed E-state index contributed by atoms with van der Waals surface area (Å²) in [6.45, 7) is 3.84. The van der Waals surface area contributed by atoms with E-state index in [2.05, 4.69) is 5.32 Å². The fraction of sp³-hybridized carbons (Fsp3) is 0.417. The lowest BCUT2D eigenvalue weighted by atomic mass is 10.1. The largest absolute Gasteiger partial charge is 0.398 e. The molecule has 1 unspecified atom stereocenters. The van der Waals surface area contributed by atoms with Crippen LogP contribution >= 0.6 is 0 Å². The van der Waals surface area contributed by atoms with Gasteiger partial charge in [-0.1, -0.05) is 13.3 Å². The molecule has 0 aliphatic rings. The SMILES string of the molecule is CCCC(C)NC(=O)c1cc(F)c(F)cc1N. The van der Waals surface area contributed by atoms with Gasteiger partial charge in [0.05, 0.1) is 5.56 Å². The van der Waals surface area contributed by atoms with Crippen LogP contribution in [0.2, 0.25) is 0 Å². The van der Waals surface area contributed by atoms with Gasteiger partial charge in [0.2, 0.25) is 0 Å². The van der Waals surface area contributed by atoms with Crippen molar-refractivity contribution in [2.75, 3.05) is 5.73 Å². The van der Waals surface area contributed by atoms with Crippen molar-refractivity contribution in [3.8, 4) is 0 Å². The van der Waals surface area contributed by atoms with Crippen LogP contribution in [-0.4, -0.2) is 11.9 Å². The minimum Gasteiger partial charge on any atom is -0.398 e. The first-order valence-electron chi connectivity index (χ1n) is 5.51. The number of nitrogens with one attached hydrogen (secondary N) is 1. The van der Waals surface area contributed by atoms with Gasteiger partial charge >= 0.3 is 0 Å². The summed E-state index contributed by atoms with van der Waals surface area (Å²) in [5, 5.41) is 2.68. The number of hydrogen-bond acceptors (Lipinski definition) is 2. The van der Waals surface area contributed by atoms with Crippen LogP contribution in [0.25, 0.3) is 0 Å². The lowest BCUT2D eigenvalue weighted by molar-refractivity contribution is 0.0938. The Labute approximate surface area is 99.0 Å². The summed E-state index contributed by atoms with van der Waals surface area (Å²) in [4.78, 5) is 11.7. The molecule has 0 saturated heterocycles. The summed E-state index contributed by atoms with van der Waals surface area (Å²) < 4.78 is 25.8. The normalized spacial score (nSPS) is 12.2. The lowest BCUT2D eigenvalue weighted by Gasteiger charge is -2.13. The number of halogens is 2. The molecule has 1 aromatic carbocycles. The molecule has 0 bridgehead atoms. The van der Waals surface area contributed by atoms with Crippen molar-refractivity contribution in [3.63, 3.8) is 0 Å². The number of rotatable bonds is 4. The molecule has 1 amide bonds. The van der Waals surface area contributed by atoms with Crippen molar-refractivity contribution in [1.82, 2.24) is 5.32 Å². The lowest BCUT2D eigenvalue weighted by Crippen LogP contribution is -2.33. The highest BCUT2D eigenvalue weighted by Gasteiger charge is 2.15. The maximum absolute atomic E-state index is 13.0. The quantitative estimate of drug-likeness (QED) is 0.797. The first-order chi connectivity index (χ1) is 7.95. The number of benzene rings is 1. The Morgan fingerprint density at radius 2 is 2.00 bits per heavy atom. The molecule has 0 aliphatic heterocycles. The van der Waals surface area contributed by atoms with Gasteiger partial charge in [0.15, 0.2) is 11.6 Å². The van der Waals surface area contributed by atoms with Crippen molar-refractivity contribution in [1.29, 1.82) is 0 Å². The third-order valence-corrected chi connectivity index (χ3v) is 2.44. The highest BCUT2D eigenvalue weighted by Crippen LogP contribution is 2.17. The Hall–Kier alpha value is -1.65. The molecule has 0 spiro atoms. The molecule has 5 heteroatoms. The summed E-state index contributed by atoms with van der Waals surface area (Å²) >= 11 is 0. The Kier molecular flexibility index (Phi) is 4.43. The Balaban J connectivity index is 2.86. The molecule has 0 fully saturated rings. The number of nitrogen functional groups attached to an aromatic ring is 1. The highest BCUT2D eigenvalue weighted by molar-refractivity contribution is 5.99. The molecule has 0 heterocycles. The number of anilines is 1. The molecule has 1 atom stereocenters. The Morgan fingerprint density at radius 3 is 2.59 bits per heavy atom. The van der Waals surface area contributed by atoms with Gasteiger partial charge in [-0.3, -0.25) is 4.79 Å². The van der Waals surface area contributed by atoms with Gasteiger partial charge in [0.1, 0.15) is 0 Å². The van der Waals surface area contributed by atoms with Gasteiger partial charge < -0.3 is 11.1 Å². The topological polar surface area (TPSA) is 55.1 Å². The molecule has 0 radical (unpaired) electrons. The average molecular weight is 242 g/mol. The first kappa shape index (κ1) is 13.4. The maximum atomic E-state index is 13.0. The van der Waals surface area contributed by atoms with E-state index >= 15 is 0 Å². The third-order valence-electron chi connectivity index (χ3n) is 2.44. The van der Waals surface area contributed by atoms with Crippen LogP contribution in [0.4, 0.5) is 14.5 Å². The van der Waals surface area contributed by atoms with Gasteiger partial charge in [0.25, 0.3) is 5.91 Å².